The van der Waals surface area contributed by atoms with Crippen LogP contribution in [0.25, 0.3) is 0 Å². The van der Waals surface area contributed by atoms with Crippen molar-refractivity contribution in [3.8, 4) is 0 Å². The van der Waals surface area contributed by atoms with Crippen LogP contribution in [0.4, 0.5) is 5.69 Å². The number of nitrogens with two attached hydrogens (primary N) is 1. The van der Waals surface area contributed by atoms with Gasteiger partial charge in [-0.2, -0.15) is 0 Å². The molecule has 0 spiro atoms. The first-order valence-corrected chi connectivity index (χ1v) is 4.87. The van der Waals surface area contributed by atoms with E-state index in [-0.39, 0.29) is 6.54 Å². The highest BCUT2D eigenvalue weighted by molar-refractivity contribution is 6.33. The summed E-state index contributed by atoms with van der Waals surface area (Å²) in [5.41, 5.74) is 7.05. The second-order valence-electron chi connectivity index (χ2n) is 3.26. The summed E-state index contributed by atoms with van der Waals surface area (Å²) in [7, 11) is 0. The average Bonchev–Trinajstić information content (AvgIpc) is 2.16. The van der Waals surface area contributed by atoms with Crippen molar-refractivity contribution in [3.63, 3.8) is 0 Å². The third-order valence-electron chi connectivity index (χ3n) is 2.04. The zero-order chi connectivity index (χ0) is 11.4. The SMILES string of the molecule is Cc1cccc(Cl)c1NCC(N)C(=O)O. The first kappa shape index (κ1) is 11.8. The molecule has 4 nitrogen and oxygen atoms in total. The number of hydrogen-bond donors (Lipinski definition) is 3. The van der Waals surface area contributed by atoms with Crippen LogP contribution in [0.1, 0.15) is 5.56 Å². The van der Waals surface area contributed by atoms with Crippen LogP contribution in [0.3, 0.4) is 0 Å². The number of nitrogens with one attached hydrogen (secondary N) is 1. The standard InChI is InChI=1S/C10H13ClN2O2/c1-6-3-2-4-7(11)9(6)13-5-8(12)10(14)15/h2-4,8,13H,5,12H2,1H3,(H,14,15). The van der Waals surface area contributed by atoms with Gasteiger partial charge in [0.25, 0.3) is 0 Å². The zero-order valence-corrected chi connectivity index (χ0v) is 9.08. The highest BCUT2D eigenvalue weighted by Crippen LogP contribution is 2.24. The Morgan fingerprint density at radius 3 is 2.87 bits per heavy atom. The van der Waals surface area contributed by atoms with Gasteiger partial charge in [0, 0.05) is 6.54 Å². The van der Waals surface area contributed by atoms with E-state index in [4.69, 9.17) is 22.4 Å². The first-order valence-electron chi connectivity index (χ1n) is 4.49. The van der Waals surface area contributed by atoms with Crippen LogP contribution in [0.5, 0.6) is 0 Å². The fourth-order valence-corrected chi connectivity index (χ4v) is 1.44. The number of benzene rings is 1. The van der Waals surface area contributed by atoms with Crippen molar-refractivity contribution >= 4 is 23.3 Å². The molecular weight excluding hydrogens is 216 g/mol. The van der Waals surface area contributed by atoms with Gasteiger partial charge in [0.2, 0.25) is 0 Å². The van der Waals surface area contributed by atoms with E-state index in [1.165, 1.54) is 0 Å². The highest BCUT2D eigenvalue weighted by atomic mass is 35.5. The molecule has 1 aromatic rings. The molecule has 1 atom stereocenters. The third-order valence-corrected chi connectivity index (χ3v) is 2.35. The van der Waals surface area contributed by atoms with E-state index in [2.05, 4.69) is 5.32 Å². The first-order chi connectivity index (χ1) is 7.02. The fourth-order valence-electron chi connectivity index (χ4n) is 1.16. The molecule has 0 aliphatic carbocycles. The molecule has 82 valence electrons. The summed E-state index contributed by atoms with van der Waals surface area (Å²) in [5, 5.41) is 12.1. The number of para-hydroxylation sites is 1. The summed E-state index contributed by atoms with van der Waals surface area (Å²) in [5.74, 6) is -1.03. The second-order valence-corrected chi connectivity index (χ2v) is 3.66. The van der Waals surface area contributed by atoms with E-state index >= 15 is 0 Å². The van der Waals surface area contributed by atoms with Crippen molar-refractivity contribution < 1.29 is 9.90 Å². The van der Waals surface area contributed by atoms with Crippen molar-refractivity contribution in [2.75, 3.05) is 11.9 Å². The Morgan fingerprint density at radius 1 is 1.67 bits per heavy atom. The normalized spacial score (nSPS) is 12.2. The zero-order valence-electron chi connectivity index (χ0n) is 8.33. The third kappa shape index (κ3) is 3.11. The van der Waals surface area contributed by atoms with Crippen molar-refractivity contribution in [2.24, 2.45) is 5.73 Å². The molecule has 0 radical (unpaired) electrons. The molecule has 1 unspecified atom stereocenters. The molecule has 0 aliphatic heterocycles. The molecule has 0 bridgehead atoms. The summed E-state index contributed by atoms with van der Waals surface area (Å²) in [6, 6.07) is 4.53. The van der Waals surface area contributed by atoms with Gasteiger partial charge in [-0.15, -0.1) is 0 Å². The molecule has 0 fully saturated rings. The predicted molar refractivity (Wildman–Crippen MR) is 60.3 cm³/mol. The molecule has 0 saturated heterocycles. The Labute approximate surface area is 93.0 Å². The summed E-state index contributed by atoms with van der Waals surface area (Å²) >= 11 is 5.94. The molecule has 0 heterocycles. The van der Waals surface area contributed by atoms with E-state index in [1.807, 2.05) is 19.1 Å². The Balaban J connectivity index is 2.69. The second kappa shape index (κ2) is 5.00. The topological polar surface area (TPSA) is 75.3 Å². The largest absolute Gasteiger partial charge is 0.480 e. The number of aryl methyl sites for hydroxylation is 1. The molecule has 1 aromatic carbocycles. The van der Waals surface area contributed by atoms with E-state index in [9.17, 15) is 4.79 Å². The van der Waals surface area contributed by atoms with E-state index in [0.717, 1.165) is 11.3 Å². The minimum Gasteiger partial charge on any atom is -0.480 e. The van der Waals surface area contributed by atoms with Gasteiger partial charge >= 0.3 is 5.97 Å². The number of anilines is 1. The minimum atomic E-state index is -1.03. The Bertz CT molecular complexity index is 348. The van der Waals surface area contributed by atoms with Gasteiger partial charge < -0.3 is 16.2 Å². The summed E-state index contributed by atoms with van der Waals surface area (Å²) in [6.45, 7) is 2.04. The fraction of sp³-hybridized carbons (Fsp3) is 0.300. The van der Waals surface area contributed by atoms with Crippen LogP contribution >= 0.6 is 11.6 Å². The van der Waals surface area contributed by atoms with Gasteiger partial charge in [0.1, 0.15) is 6.04 Å². The number of carbonyl (C=O) groups is 1. The van der Waals surface area contributed by atoms with Gasteiger partial charge in [-0.25, -0.2) is 0 Å². The Hall–Kier alpha value is -1.26. The maximum Gasteiger partial charge on any atom is 0.322 e. The van der Waals surface area contributed by atoms with Gasteiger partial charge in [-0.1, -0.05) is 23.7 Å². The van der Waals surface area contributed by atoms with Crippen LogP contribution in [0, 0.1) is 6.92 Å². The van der Waals surface area contributed by atoms with Crippen LogP contribution in [0.15, 0.2) is 18.2 Å². The van der Waals surface area contributed by atoms with Crippen LogP contribution < -0.4 is 11.1 Å². The van der Waals surface area contributed by atoms with Crippen molar-refractivity contribution in [2.45, 2.75) is 13.0 Å². The summed E-state index contributed by atoms with van der Waals surface area (Å²) < 4.78 is 0. The molecule has 4 N–H and O–H groups in total. The average molecular weight is 229 g/mol. The van der Waals surface area contributed by atoms with Crippen molar-refractivity contribution in [1.82, 2.24) is 0 Å². The number of aliphatic carboxylic acids is 1. The van der Waals surface area contributed by atoms with E-state index in [1.54, 1.807) is 6.07 Å². The highest BCUT2D eigenvalue weighted by Gasteiger charge is 2.12. The number of rotatable bonds is 4. The Morgan fingerprint density at radius 2 is 2.33 bits per heavy atom. The molecule has 0 aliphatic rings. The van der Waals surface area contributed by atoms with Gasteiger partial charge in [-0.05, 0) is 18.6 Å². The lowest BCUT2D eigenvalue weighted by molar-refractivity contribution is -0.138. The predicted octanol–water partition coefficient (Wildman–Crippen LogP) is 1.47. The summed E-state index contributed by atoms with van der Waals surface area (Å²) in [6.07, 6.45) is 0. The monoisotopic (exact) mass is 228 g/mol. The molecule has 5 heteroatoms. The molecular formula is C10H13ClN2O2. The van der Waals surface area contributed by atoms with Gasteiger partial charge in [-0.3, -0.25) is 4.79 Å². The lowest BCUT2D eigenvalue weighted by atomic mass is 10.2. The molecule has 1 rings (SSSR count). The molecule has 15 heavy (non-hydrogen) atoms. The van der Waals surface area contributed by atoms with Crippen molar-refractivity contribution in [1.29, 1.82) is 0 Å². The summed E-state index contributed by atoms with van der Waals surface area (Å²) in [4.78, 5) is 10.5. The smallest absolute Gasteiger partial charge is 0.322 e. The maximum atomic E-state index is 10.5. The lowest BCUT2D eigenvalue weighted by Gasteiger charge is -2.13. The number of hydrogen-bond acceptors (Lipinski definition) is 3. The van der Waals surface area contributed by atoms with E-state index < -0.39 is 12.0 Å². The quantitative estimate of drug-likeness (QED) is 0.730. The molecule has 0 saturated carbocycles. The molecule has 0 amide bonds. The van der Waals surface area contributed by atoms with E-state index in [0.29, 0.717) is 5.02 Å². The van der Waals surface area contributed by atoms with Crippen molar-refractivity contribution in [3.05, 3.63) is 28.8 Å². The maximum absolute atomic E-state index is 10.5. The molecule has 0 aromatic heterocycles. The lowest BCUT2D eigenvalue weighted by Crippen LogP contribution is -2.37. The minimum absolute atomic E-state index is 0.153. The number of carboxylic acids is 1. The number of halogens is 1. The van der Waals surface area contributed by atoms with Gasteiger partial charge in [0.15, 0.2) is 0 Å². The van der Waals surface area contributed by atoms with Crippen LogP contribution in [-0.2, 0) is 4.79 Å². The van der Waals surface area contributed by atoms with Crippen LogP contribution in [-0.4, -0.2) is 23.7 Å². The van der Waals surface area contributed by atoms with Crippen LogP contribution in [0.2, 0.25) is 5.02 Å². The number of carboxylic acid groups (broad SMARTS) is 1. The van der Waals surface area contributed by atoms with Gasteiger partial charge in [0.05, 0.1) is 10.7 Å². The Kier molecular flexibility index (Phi) is 3.94.